The number of rotatable bonds is 3. The molecule has 23 heavy (non-hydrogen) atoms. The largest absolute Gasteiger partial charge is 0.358 e. The van der Waals surface area contributed by atoms with E-state index in [1.54, 1.807) is 31.3 Å². The molecule has 6 heteroatoms. The lowest BCUT2D eigenvalue weighted by molar-refractivity contribution is -0.131. The second-order valence-corrected chi connectivity index (χ2v) is 5.82. The van der Waals surface area contributed by atoms with Crippen molar-refractivity contribution in [3.8, 4) is 0 Å². The highest BCUT2D eigenvalue weighted by Gasteiger charge is 2.33. The van der Waals surface area contributed by atoms with Crippen LogP contribution in [-0.4, -0.2) is 34.8 Å². The topological polar surface area (TPSA) is 82.3 Å². The van der Waals surface area contributed by atoms with Crippen LogP contribution in [0.15, 0.2) is 29.1 Å². The molecule has 1 aliphatic rings. The molecule has 0 unspecified atom stereocenters. The number of nitrogens with zero attached hydrogens (tertiary/aromatic N) is 1. The summed E-state index contributed by atoms with van der Waals surface area (Å²) in [6, 6.07) is 6.35. The summed E-state index contributed by atoms with van der Waals surface area (Å²) in [4.78, 5) is 40.7. The molecule has 0 saturated carbocycles. The zero-order valence-corrected chi connectivity index (χ0v) is 13.2. The van der Waals surface area contributed by atoms with E-state index >= 15 is 0 Å². The fraction of sp³-hybridized carbons (Fsp3) is 0.353. The van der Waals surface area contributed by atoms with Gasteiger partial charge in [-0.3, -0.25) is 14.4 Å². The molecule has 0 radical (unpaired) electrons. The standard InChI is InChI=1S/C17H19N3O3/c1-3-10-9-15(21)12-8-11(4-5-13(12)18-10)19-17(23)14-6-7-16(22)20(14)2/h4-5,8-9,14H,3,6-7H2,1-2H3,(H,18,21)(H,19,23)/t14-/m1/s1. The van der Waals surface area contributed by atoms with Crippen LogP contribution >= 0.6 is 0 Å². The molecule has 0 aliphatic carbocycles. The summed E-state index contributed by atoms with van der Waals surface area (Å²) in [5.74, 6) is -0.244. The number of fused-ring (bicyclic) bond motifs is 1. The molecule has 1 atom stereocenters. The van der Waals surface area contributed by atoms with Crippen LogP contribution < -0.4 is 10.7 Å². The molecule has 2 N–H and O–H groups in total. The van der Waals surface area contributed by atoms with Crippen molar-refractivity contribution < 1.29 is 9.59 Å². The van der Waals surface area contributed by atoms with E-state index in [-0.39, 0.29) is 17.2 Å². The first kappa shape index (κ1) is 15.3. The molecular weight excluding hydrogens is 294 g/mol. The molecule has 1 aromatic carbocycles. The third-order valence-corrected chi connectivity index (χ3v) is 4.33. The van der Waals surface area contributed by atoms with Crippen LogP contribution in [0.25, 0.3) is 10.9 Å². The van der Waals surface area contributed by atoms with E-state index in [0.717, 1.165) is 17.6 Å². The van der Waals surface area contributed by atoms with Crippen molar-refractivity contribution in [2.75, 3.05) is 12.4 Å². The van der Waals surface area contributed by atoms with Crippen molar-refractivity contribution >= 4 is 28.4 Å². The summed E-state index contributed by atoms with van der Waals surface area (Å²) in [7, 11) is 1.64. The predicted molar refractivity (Wildman–Crippen MR) is 88.4 cm³/mol. The highest BCUT2D eigenvalue weighted by molar-refractivity contribution is 6.00. The maximum absolute atomic E-state index is 12.3. The number of amides is 2. The Hall–Kier alpha value is -2.63. The van der Waals surface area contributed by atoms with E-state index < -0.39 is 6.04 Å². The van der Waals surface area contributed by atoms with Gasteiger partial charge in [-0.15, -0.1) is 0 Å². The lowest BCUT2D eigenvalue weighted by Crippen LogP contribution is -2.38. The van der Waals surface area contributed by atoms with Crippen LogP contribution in [0, 0.1) is 0 Å². The average Bonchev–Trinajstić information content (AvgIpc) is 2.87. The van der Waals surface area contributed by atoms with E-state index in [1.807, 2.05) is 6.92 Å². The molecule has 2 aromatic rings. The minimum absolute atomic E-state index is 0.0211. The second kappa shape index (κ2) is 5.87. The summed E-state index contributed by atoms with van der Waals surface area (Å²) in [5.41, 5.74) is 2.12. The van der Waals surface area contributed by atoms with Gasteiger partial charge in [0.1, 0.15) is 6.04 Å². The smallest absolute Gasteiger partial charge is 0.247 e. The van der Waals surface area contributed by atoms with E-state index in [2.05, 4.69) is 10.3 Å². The van der Waals surface area contributed by atoms with Crippen LogP contribution in [0.2, 0.25) is 0 Å². The number of anilines is 1. The molecule has 120 valence electrons. The Morgan fingerprint density at radius 1 is 1.35 bits per heavy atom. The zero-order chi connectivity index (χ0) is 16.6. The monoisotopic (exact) mass is 313 g/mol. The number of H-pyrrole nitrogens is 1. The minimum atomic E-state index is -0.445. The Kier molecular flexibility index (Phi) is 3.90. The second-order valence-electron chi connectivity index (χ2n) is 5.82. The number of aromatic amines is 1. The number of nitrogens with one attached hydrogen (secondary N) is 2. The van der Waals surface area contributed by atoms with Gasteiger partial charge in [-0.2, -0.15) is 0 Å². The number of benzene rings is 1. The van der Waals surface area contributed by atoms with E-state index in [1.165, 1.54) is 4.90 Å². The first-order valence-electron chi connectivity index (χ1n) is 7.72. The Morgan fingerprint density at radius 3 is 2.78 bits per heavy atom. The van der Waals surface area contributed by atoms with E-state index in [0.29, 0.717) is 23.9 Å². The maximum atomic E-state index is 12.3. The molecule has 1 fully saturated rings. The fourth-order valence-electron chi connectivity index (χ4n) is 2.91. The molecular formula is C17H19N3O3. The first-order chi connectivity index (χ1) is 11.0. The van der Waals surface area contributed by atoms with Gasteiger partial charge in [0.15, 0.2) is 5.43 Å². The number of hydrogen-bond donors (Lipinski definition) is 2. The van der Waals surface area contributed by atoms with Crippen molar-refractivity contribution in [2.45, 2.75) is 32.2 Å². The average molecular weight is 313 g/mol. The van der Waals surface area contributed by atoms with Crippen LogP contribution in [0.1, 0.15) is 25.5 Å². The summed E-state index contributed by atoms with van der Waals surface area (Å²) in [6.45, 7) is 1.98. The highest BCUT2D eigenvalue weighted by Crippen LogP contribution is 2.20. The minimum Gasteiger partial charge on any atom is -0.358 e. The highest BCUT2D eigenvalue weighted by atomic mass is 16.2. The van der Waals surface area contributed by atoms with E-state index in [4.69, 9.17) is 0 Å². The molecule has 2 heterocycles. The molecule has 1 aromatic heterocycles. The van der Waals surface area contributed by atoms with Crippen molar-refractivity contribution in [1.29, 1.82) is 0 Å². The summed E-state index contributed by atoms with van der Waals surface area (Å²) >= 11 is 0. The number of pyridine rings is 1. The third-order valence-electron chi connectivity index (χ3n) is 4.33. The van der Waals surface area contributed by atoms with Gasteiger partial charge in [0.05, 0.1) is 0 Å². The van der Waals surface area contributed by atoms with Gasteiger partial charge in [0, 0.05) is 41.8 Å². The molecule has 0 spiro atoms. The Morgan fingerprint density at radius 2 is 2.13 bits per heavy atom. The summed E-state index contributed by atoms with van der Waals surface area (Å²) in [5, 5.41) is 3.34. The van der Waals surface area contributed by atoms with Gasteiger partial charge in [0.25, 0.3) is 0 Å². The Bertz CT molecular complexity index is 841. The molecule has 0 bridgehead atoms. The number of carbonyl (C=O) groups is 2. The lowest BCUT2D eigenvalue weighted by Gasteiger charge is -2.19. The zero-order valence-electron chi connectivity index (χ0n) is 13.2. The van der Waals surface area contributed by atoms with Gasteiger partial charge in [-0.05, 0) is 31.0 Å². The van der Waals surface area contributed by atoms with Crippen molar-refractivity contribution in [3.05, 3.63) is 40.2 Å². The van der Waals surface area contributed by atoms with E-state index in [9.17, 15) is 14.4 Å². The lowest BCUT2D eigenvalue weighted by atomic mass is 10.1. The van der Waals surface area contributed by atoms with Crippen LogP contribution in [-0.2, 0) is 16.0 Å². The SMILES string of the molecule is CCc1cc(=O)c2cc(NC(=O)[C@H]3CCC(=O)N3C)ccc2[nH]1. The quantitative estimate of drug-likeness (QED) is 0.904. The van der Waals surface area contributed by atoms with Gasteiger partial charge in [-0.25, -0.2) is 0 Å². The fourth-order valence-corrected chi connectivity index (χ4v) is 2.91. The van der Waals surface area contributed by atoms with Crippen molar-refractivity contribution in [2.24, 2.45) is 0 Å². The van der Waals surface area contributed by atoms with Crippen LogP contribution in [0.5, 0.6) is 0 Å². The van der Waals surface area contributed by atoms with Crippen molar-refractivity contribution in [1.82, 2.24) is 9.88 Å². The molecule has 1 aliphatic heterocycles. The number of aromatic nitrogens is 1. The van der Waals surface area contributed by atoms with Gasteiger partial charge < -0.3 is 15.2 Å². The Balaban J connectivity index is 1.86. The summed E-state index contributed by atoms with van der Waals surface area (Å²) < 4.78 is 0. The van der Waals surface area contributed by atoms with Crippen LogP contribution in [0.4, 0.5) is 5.69 Å². The number of aryl methyl sites for hydroxylation is 1. The number of likely N-dealkylation sites (N-methyl/N-ethyl adjacent to an activating group) is 1. The molecule has 3 rings (SSSR count). The van der Waals surface area contributed by atoms with Crippen LogP contribution in [0.3, 0.4) is 0 Å². The number of carbonyl (C=O) groups excluding carboxylic acids is 2. The molecule has 2 amide bonds. The number of hydrogen-bond acceptors (Lipinski definition) is 3. The molecule has 1 saturated heterocycles. The maximum Gasteiger partial charge on any atom is 0.247 e. The third kappa shape index (κ3) is 2.84. The van der Waals surface area contributed by atoms with Crippen molar-refractivity contribution in [3.63, 3.8) is 0 Å². The van der Waals surface area contributed by atoms with Gasteiger partial charge in [0.2, 0.25) is 11.8 Å². The summed E-state index contributed by atoms with van der Waals surface area (Å²) in [6.07, 6.45) is 1.67. The Labute approximate surface area is 133 Å². The normalized spacial score (nSPS) is 17.7. The predicted octanol–water partition coefficient (Wildman–Crippen LogP) is 1.65. The number of likely N-dealkylation sites (tertiary alicyclic amines) is 1. The molecule has 6 nitrogen and oxygen atoms in total. The van der Waals surface area contributed by atoms with Gasteiger partial charge in [-0.1, -0.05) is 6.92 Å². The first-order valence-corrected chi connectivity index (χ1v) is 7.72. The van der Waals surface area contributed by atoms with Gasteiger partial charge >= 0.3 is 0 Å².